The van der Waals surface area contributed by atoms with E-state index in [1.54, 1.807) is 19.0 Å². The first kappa shape index (κ1) is 13.9. The lowest BCUT2D eigenvalue weighted by molar-refractivity contribution is -0.140. The number of hydrogen-bond acceptors (Lipinski definition) is 4. The summed E-state index contributed by atoms with van der Waals surface area (Å²) in [7, 11) is 6.72. The Kier molecular flexibility index (Phi) is 6.70. The summed E-state index contributed by atoms with van der Waals surface area (Å²) >= 11 is 0. The van der Waals surface area contributed by atoms with E-state index in [1.807, 2.05) is 11.9 Å². The molecule has 0 aliphatic carbocycles. The van der Waals surface area contributed by atoms with E-state index in [0.29, 0.717) is 25.9 Å². The van der Waals surface area contributed by atoms with Crippen LogP contribution in [0.5, 0.6) is 0 Å². The molecule has 0 saturated carbocycles. The van der Waals surface area contributed by atoms with Gasteiger partial charge in [-0.1, -0.05) is 0 Å². The summed E-state index contributed by atoms with van der Waals surface area (Å²) < 4.78 is 4.52. The molecule has 0 aromatic heterocycles. The van der Waals surface area contributed by atoms with Gasteiger partial charge in [0.15, 0.2) is 0 Å². The Hall–Kier alpha value is -1.10. The molecule has 0 unspecified atom stereocenters. The van der Waals surface area contributed by atoms with Crippen LogP contribution in [-0.4, -0.2) is 63.0 Å². The van der Waals surface area contributed by atoms with Gasteiger partial charge in [-0.15, -0.1) is 0 Å². The predicted molar refractivity (Wildman–Crippen MR) is 57.4 cm³/mol. The van der Waals surface area contributed by atoms with Crippen molar-refractivity contribution in [1.29, 1.82) is 0 Å². The highest BCUT2D eigenvalue weighted by Crippen LogP contribution is 1.94. The van der Waals surface area contributed by atoms with Crippen LogP contribution in [0.15, 0.2) is 0 Å². The first-order valence-corrected chi connectivity index (χ1v) is 4.93. The first-order valence-electron chi connectivity index (χ1n) is 4.93. The Balaban J connectivity index is 3.61. The van der Waals surface area contributed by atoms with E-state index in [9.17, 15) is 9.59 Å². The van der Waals surface area contributed by atoms with Crippen molar-refractivity contribution in [2.45, 2.75) is 12.8 Å². The number of rotatable bonds is 6. The van der Waals surface area contributed by atoms with Gasteiger partial charge in [-0.25, -0.2) is 0 Å². The molecule has 5 nitrogen and oxygen atoms in total. The number of esters is 1. The number of amides is 1. The highest BCUT2D eigenvalue weighted by Gasteiger charge is 2.07. The molecule has 0 aromatic rings. The lowest BCUT2D eigenvalue weighted by Gasteiger charge is -2.17. The van der Waals surface area contributed by atoms with Crippen molar-refractivity contribution >= 4 is 11.9 Å². The van der Waals surface area contributed by atoms with Crippen LogP contribution in [0.4, 0.5) is 0 Å². The molecular weight excluding hydrogens is 196 g/mol. The van der Waals surface area contributed by atoms with E-state index in [-0.39, 0.29) is 11.9 Å². The minimum Gasteiger partial charge on any atom is -0.469 e. The molecule has 0 N–H and O–H groups in total. The molecule has 15 heavy (non-hydrogen) atoms. The van der Waals surface area contributed by atoms with E-state index in [2.05, 4.69) is 4.74 Å². The van der Waals surface area contributed by atoms with Crippen molar-refractivity contribution in [2.75, 3.05) is 41.3 Å². The molecule has 0 radical (unpaired) electrons. The molecule has 0 aromatic carbocycles. The van der Waals surface area contributed by atoms with Crippen molar-refractivity contribution in [3.8, 4) is 0 Å². The average molecular weight is 216 g/mol. The van der Waals surface area contributed by atoms with Crippen molar-refractivity contribution in [3.05, 3.63) is 0 Å². The summed E-state index contributed by atoms with van der Waals surface area (Å²) in [6, 6.07) is 0. The highest BCUT2D eigenvalue weighted by atomic mass is 16.5. The van der Waals surface area contributed by atoms with E-state index < -0.39 is 0 Å². The molecule has 0 fully saturated rings. The Morgan fingerprint density at radius 3 is 2.07 bits per heavy atom. The normalized spacial score (nSPS) is 10.2. The molecule has 88 valence electrons. The largest absolute Gasteiger partial charge is 0.469 e. The zero-order chi connectivity index (χ0) is 11.8. The molecule has 0 rings (SSSR count). The average Bonchev–Trinajstić information content (AvgIpc) is 2.21. The summed E-state index contributed by atoms with van der Waals surface area (Å²) in [5, 5.41) is 0. The Morgan fingerprint density at radius 2 is 1.60 bits per heavy atom. The van der Waals surface area contributed by atoms with Gasteiger partial charge in [-0.2, -0.15) is 0 Å². The van der Waals surface area contributed by atoms with Crippen molar-refractivity contribution in [1.82, 2.24) is 9.80 Å². The van der Waals surface area contributed by atoms with Gasteiger partial charge in [0.1, 0.15) is 0 Å². The smallest absolute Gasteiger partial charge is 0.306 e. The minimum atomic E-state index is -0.221. The molecule has 0 saturated heterocycles. The van der Waals surface area contributed by atoms with E-state index in [1.165, 1.54) is 7.11 Å². The maximum atomic E-state index is 11.2. The van der Waals surface area contributed by atoms with Crippen LogP contribution in [0.25, 0.3) is 0 Å². The van der Waals surface area contributed by atoms with Crippen LogP contribution in [-0.2, 0) is 14.3 Å². The molecule has 0 bridgehead atoms. The second-order valence-electron chi connectivity index (χ2n) is 3.67. The third-order valence-corrected chi connectivity index (χ3v) is 2.13. The van der Waals surface area contributed by atoms with Crippen molar-refractivity contribution in [3.63, 3.8) is 0 Å². The predicted octanol–water partition coefficient (Wildman–Crippen LogP) is -0.0404. The molecule has 0 aliphatic rings. The molecule has 1 amide bonds. The number of ether oxygens (including phenoxy) is 1. The zero-order valence-corrected chi connectivity index (χ0v) is 9.95. The molecule has 0 atom stereocenters. The monoisotopic (exact) mass is 216 g/mol. The quantitative estimate of drug-likeness (QED) is 0.585. The second kappa shape index (κ2) is 7.23. The van der Waals surface area contributed by atoms with Crippen LogP contribution < -0.4 is 0 Å². The third kappa shape index (κ3) is 6.90. The fraction of sp³-hybridized carbons (Fsp3) is 0.800. The van der Waals surface area contributed by atoms with Gasteiger partial charge in [0.05, 0.1) is 13.5 Å². The third-order valence-electron chi connectivity index (χ3n) is 2.13. The van der Waals surface area contributed by atoms with E-state index in [0.717, 1.165) is 0 Å². The fourth-order valence-corrected chi connectivity index (χ4v) is 1.01. The number of hydrogen-bond donors (Lipinski definition) is 0. The van der Waals surface area contributed by atoms with Crippen LogP contribution >= 0.6 is 0 Å². The summed E-state index contributed by atoms with van der Waals surface area (Å²) in [5.74, 6) is -0.124. The lowest BCUT2D eigenvalue weighted by Crippen LogP contribution is -2.29. The van der Waals surface area contributed by atoms with Gasteiger partial charge in [0.25, 0.3) is 0 Å². The SMILES string of the molecule is COC(=O)CCN(C)CCC(=O)N(C)C. The maximum Gasteiger partial charge on any atom is 0.306 e. The van der Waals surface area contributed by atoms with Gasteiger partial charge in [0.2, 0.25) is 5.91 Å². The summed E-state index contributed by atoms with van der Waals surface area (Å²) in [4.78, 5) is 25.6. The molecule has 0 heterocycles. The summed E-state index contributed by atoms with van der Waals surface area (Å²) in [6.07, 6.45) is 0.841. The highest BCUT2D eigenvalue weighted by molar-refractivity contribution is 5.75. The van der Waals surface area contributed by atoms with Gasteiger partial charge in [-0.05, 0) is 7.05 Å². The topological polar surface area (TPSA) is 49.9 Å². The molecule has 0 spiro atoms. The van der Waals surface area contributed by atoms with Crippen LogP contribution in [0.2, 0.25) is 0 Å². The number of carbonyl (C=O) groups is 2. The van der Waals surface area contributed by atoms with Crippen LogP contribution in [0.1, 0.15) is 12.8 Å². The second-order valence-corrected chi connectivity index (χ2v) is 3.67. The van der Waals surface area contributed by atoms with Crippen molar-refractivity contribution < 1.29 is 14.3 Å². The standard InChI is InChI=1S/C10H20N2O3/c1-11(2)9(13)5-7-12(3)8-6-10(14)15-4/h5-8H2,1-4H3. The first-order chi connectivity index (χ1) is 6.97. The molecule has 0 aliphatic heterocycles. The Morgan fingerprint density at radius 1 is 1.07 bits per heavy atom. The van der Waals surface area contributed by atoms with Gasteiger partial charge in [-0.3, -0.25) is 9.59 Å². The number of nitrogens with zero attached hydrogens (tertiary/aromatic N) is 2. The number of carbonyl (C=O) groups excluding carboxylic acids is 2. The lowest BCUT2D eigenvalue weighted by atomic mass is 10.3. The van der Waals surface area contributed by atoms with Gasteiger partial charge in [0, 0.05) is 33.6 Å². The Labute approximate surface area is 91.0 Å². The minimum absolute atomic E-state index is 0.0971. The van der Waals surface area contributed by atoms with E-state index >= 15 is 0 Å². The van der Waals surface area contributed by atoms with Gasteiger partial charge >= 0.3 is 5.97 Å². The molecule has 5 heteroatoms. The Bertz CT molecular complexity index is 217. The number of methoxy groups -OCH3 is 1. The van der Waals surface area contributed by atoms with Crippen molar-refractivity contribution in [2.24, 2.45) is 0 Å². The molecular formula is C10H20N2O3. The van der Waals surface area contributed by atoms with E-state index in [4.69, 9.17) is 0 Å². The zero-order valence-electron chi connectivity index (χ0n) is 9.95. The summed E-state index contributed by atoms with van der Waals surface area (Å²) in [5.41, 5.74) is 0. The van der Waals surface area contributed by atoms with Crippen LogP contribution in [0, 0.1) is 0 Å². The fourth-order valence-electron chi connectivity index (χ4n) is 1.01. The maximum absolute atomic E-state index is 11.2. The summed E-state index contributed by atoms with van der Waals surface area (Å²) in [6.45, 7) is 1.28. The van der Waals surface area contributed by atoms with Gasteiger partial charge < -0.3 is 14.5 Å². The van der Waals surface area contributed by atoms with Crippen LogP contribution in [0.3, 0.4) is 0 Å².